The van der Waals surface area contributed by atoms with Gasteiger partial charge in [0.2, 0.25) is 5.78 Å². The van der Waals surface area contributed by atoms with E-state index in [0.717, 1.165) is 0 Å². The number of aliphatic hydroxyl groups is 3. The topological polar surface area (TPSA) is 258 Å². The Bertz CT molecular complexity index is 1680. The third kappa shape index (κ3) is 6.42. The molecule has 0 aromatic heterocycles. The number of carboxylic acids is 1. The van der Waals surface area contributed by atoms with E-state index < -0.39 is 101 Å². The van der Waals surface area contributed by atoms with Crippen molar-refractivity contribution in [1.82, 2.24) is 5.32 Å². The highest BCUT2D eigenvalue weighted by atomic mass is 19.1. The molecule has 0 radical (unpaired) electrons. The number of hydrogen-bond donors (Lipinski definition) is 5. The van der Waals surface area contributed by atoms with Gasteiger partial charge >= 0.3 is 18.2 Å². The molecule has 5 N–H and O–H groups in total. The molecule has 0 aliphatic heterocycles. The van der Waals surface area contributed by atoms with Gasteiger partial charge in [0.15, 0.2) is 29.7 Å². The van der Waals surface area contributed by atoms with E-state index in [4.69, 9.17) is 14.2 Å². The Morgan fingerprint density at radius 1 is 1.10 bits per heavy atom. The smallest absolute Gasteiger partial charge is 0.480 e. The third-order valence-electron chi connectivity index (χ3n) is 11.0. The minimum Gasteiger partial charge on any atom is -0.480 e. The zero-order valence-corrected chi connectivity index (χ0v) is 27.5. The Labute approximate surface area is 289 Å². The van der Waals surface area contributed by atoms with Crippen LogP contribution in [0.5, 0.6) is 5.75 Å². The first-order valence-corrected chi connectivity index (χ1v) is 16.0. The Morgan fingerprint density at radius 2 is 1.78 bits per heavy atom. The van der Waals surface area contributed by atoms with Crippen molar-refractivity contribution in [1.29, 1.82) is 0 Å². The maximum absolute atomic E-state index is 17.3. The van der Waals surface area contributed by atoms with E-state index in [1.54, 1.807) is 13.0 Å². The second kappa shape index (κ2) is 13.6. The molecule has 51 heavy (non-hydrogen) atoms. The summed E-state index contributed by atoms with van der Waals surface area (Å²) in [5.74, 6) is -4.88. The number of hydrogen-bond acceptors (Lipinski definition) is 14. The van der Waals surface area contributed by atoms with E-state index in [1.165, 1.54) is 43.3 Å². The Balaban J connectivity index is 1.19. The summed E-state index contributed by atoms with van der Waals surface area (Å²) in [6, 6.07) is 3.36. The molecule has 1 aromatic carbocycles. The van der Waals surface area contributed by atoms with Crippen molar-refractivity contribution in [2.45, 2.75) is 75.7 Å². The Kier molecular flexibility index (Phi) is 9.99. The number of amides is 1. The predicted octanol–water partition coefficient (Wildman–Crippen LogP) is 1.73. The van der Waals surface area contributed by atoms with Crippen molar-refractivity contribution >= 4 is 29.8 Å². The standard InChI is InChI=1S/C33H37FN2O15/c1-30-10-9-19(37)11-18(30)5-8-21-22-12-24(38)33(45,31(22,2)13-25(39)32(21,30)34)26(40)16-48-28(43)35-23(27(41)42)15-49-29(44)51-20-6-3-17(4-7-20)14-50-36(46)47/h3-7,9-10,21-25,38-39,45H,8,11-16H2,1-2H3,(H,35,43)(H,41,42)/t21-,22-,23?,24+,25-,30-,31-,32-,33-/m0/s1. The van der Waals surface area contributed by atoms with Gasteiger partial charge in [-0.05, 0) is 55.9 Å². The minimum absolute atomic E-state index is 0.00881. The molecule has 4 aliphatic carbocycles. The quantitative estimate of drug-likeness (QED) is 0.0717. The summed E-state index contributed by atoms with van der Waals surface area (Å²) >= 11 is 0. The molecule has 9 atom stereocenters. The summed E-state index contributed by atoms with van der Waals surface area (Å²) < 4.78 is 31.8. The van der Waals surface area contributed by atoms with Crippen molar-refractivity contribution in [2.75, 3.05) is 13.2 Å². The number of Topliss-reactive ketones (excluding diaryl/α,β-unsaturated/α-hetero) is 1. The number of halogens is 1. The summed E-state index contributed by atoms with van der Waals surface area (Å²) in [6.45, 7) is 0.597. The number of fused-ring (bicyclic) bond motifs is 5. The maximum Gasteiger partial charge on any atom is 0.513 e. The SMILES string of the molecule is C[C@]12C=CC(=O)CC1=CC[C@H]1[C@@H]3C[C@@H](O)[C@](O)(C(=O)COC(=O)NC(COC(=O)Oc4ccc(CO[N+](=O)[O-])cc4)C(=O)O)[C@@]3(C)C[C@H](O)[C@@]12F. The zero-order chi connectivity index (χ0) is 37.5. The Hall–Kier alpha value is -4.94. The van der Waals surface area contributed by atoms with Crippen LogP contribution in [0.4, 0.5) is 14.0 Å². The number of carbonyl (C=O) groups excluding carboxylic acids is 4. The van der Waals surface area contributed by atoms with Gasteiger partial charge in [-0.1, -0.05) is 36.8 Å². The lowest BCUT2D eigenvalue weighted by atomic mass is 9.45. The fourth-order valence-corrected chi connectivity index (χ4v) is 8.29. The van der Waals surface area contributed by atoms with E-state index in [0.29, 0.717) is 11.1 Å². The number of benzene rings is 1. The van der Waals surface area contributed by atoms with Gasteiger partial charge in [0.1, 0.15) is 19.0 Å². The van der Waals surface area contributed by atoms with E-state index in [-0.39, 0.29) is 37.4 Å². The largest absolute Gasteiger partial charge is 0.513 e. The monoisotopic (exact) mass is 720 g/mol. The number of aliphatic carboxylic acids is 1. The molecular weight excluding hydrogens is 683 g/mol. The number of alkyl halides is 1. The number of aliphatic hydroxyl groups excluding tert-OH is 2. The van der Waals surface area contributed by atoms with E-state index in [9.17, 15) is 54.5 Å². The van der Waals surface area contributed by atoms with Crippen LogP contribution < -0.4 is 10.1 Å². The maximum atomic E-state index is 17.3. The molecule has 0 spiro atoms. The number of alkyl carbamates (subject to hydrolysis) is 1. The fourth-order valence-electron chi connectivity index (χ4n) is 8.29. The minimum atomic E-state index is -2.60. The summed E-state index contributed by atoms with van der Waals surface area (Å²) in [5, 5.41) is 55.0. The van der Waals surface area contributed by atoms with E-state index in [2.05, 4.69) is 4.84 Å². The fraction of sp³-hybridized carbons (Fsp3) is 0.545. The van der Waals surface area contributed by atoms with Gasteiger partial charge in [0, 0.05) is 23.2 Å². The van der Waals surface area contributed by atoms with Crippen LogP contribution in [0.15, 0.2) is 48.1 Å². The normalized spacial score (nSPS) is 34.1. The summed E-state index contributed by atoms with van der Waals surface area (Å²) in [5.41, 5.74) is -6.90. The molecule has 0 bridgehead atoms. The van der Waals surface area contributed by atoms with Crippen LogP contribution in [0.25, 0.3) is 0 Å². The highest BCUT2D eigenvalue weighted by molar-refractivity contribution is 5.94. The molecular formula is C33H37FN2O15. The van der Waals surface area contributed by atoms with Crippen LogP contribution in [-0.4, -0.2) is 98.0 Å². The molecule has 18 heteroatoms. The van der Waals surface area contributed by atoms with E-state index >= 15 is 4.39 Å². The molecule has 276 valence electrons. The molecule has 0 saturated heterocycles. The number of nitrogens with zero attached hydrogens (tertiary/aromatic N) is 1. The van der Waals surface area contributed by atoms with Crippen LogP contribution >= 0.6 is 0 Å². The summed E-state index contributed by atoms with van der Waals surface area (Å²) in [4.78, 5) is 76.4. The first-order chi connectivity index (χ1) is 23.9. The second-order valence-corrected chi connectivity index (χ2v) is 13.6. The molecule has 2 fully saturated rings. The van der Waals surface area contributed by atoms with Crippen LogP contribution in [0.3, 0.4) is 0 Å². The van der Waals surface area contributed by atoms with Crippen molar-refractivity contribution < 1.29 is 72.9 Å². The van der Waals surface area contributed by atoms with Crippen LogP contribution in [0, 0.1) is 32.8 Å². The number of nitrogens with one attached hydrogen (secondary N) is 1. The van der Waals surface area contributed by atoms with Gasteiger partial charge in [0.05, 0.1) is 12.2 Å². The lowest BCUT2D eigenvalue weighted by Crippen LogP contribution is -2.69. The number of carboxylic acid groups (broad SMARTS) is 1. The first kappa shape index (κ1) is 37.3. The number of carbonyl (C=O) groups is 5. The lowest BCUT2D eigenvalue weighted by Gasteiger charge is -2.61. The molecule has 17 nitrogen and oxygen atoms in total. The average molecular weight is 721 g/mol. The third-order valence-corrected chi connectivity index (χ3v) is 11.0. The summed E-state index contributed by atoms with van der Waals surface area (Å²) in [6.07, 6.45) is -2.41. The number of allylic oxidation sites excluding steroid dienone is 4. The average Bonchev–Trinajstić information content (AvgIpc) is 3.27. The van der Waals surface area contributed by atoms with Crippen molar-refractivity contribution in [2.24, 2.45) is 22.7 Å². The Morgan fingerprint density at radius 3 is 2.43 bits per heavy atom. The zero-order valence-electron chi connectivity index (χ0n) is 27.5. The summed E-state index contributed by atoms with van der Waals surface area (Å²) in [7, 11) is 0. The van der Waals surface area contributed by atoms with Gasteiger partial charge in [0.25, 0.3) is 5.09 Å². The molecule has 5 rings (SSSR count). The molecule has 4 aliphatic rings. The van der Waals surface area contributed by atoms with Gasteiger partial charge in [-0.2, -0.15) is 0 Å². The molecule has 1 unspecified atom stereocenters. The van der Waals surface area contributed by atoms with Crippen molar-refractivity contribution in [3.8, 4) is 5.75 Å². The highest BCUT2D eigenvalue weighted by Gasteiger charge is 2.76. The van der Waals surface area contributed by atoms with Crippen molar-refractivity contribution in [3.05, 3.63) is 63.7 Å². The van der Waals surface area contributed by atoms with Crippen molar-refractivity contribution in [3.63, 3.8) is 0 Å². The molecule has 1 amide bonds. The van der Waals surface area contributed by atoms with Gasteiger partial charge in [-0.15, -0.1) is 10.1 Å². The van der Waals surface area contributed by atoms with E-state index in [1.807, 2.05) is 5.32 Å². The number of rotatable bonds is 11. The van der Waals surface area contributed by atoms with Crippen LogP contribution in [-0.2, 0) is 35.3 Å². The van der Waals surface area contributed by atoms with Gasteiger partial charge in [-0.3, -0.25) is 9.59 Å². The molecule has 1 aromatic rings. The van der Waals surface area contributed by atoms with Gasteiger partial charge in [-0.25, -0.2) is 18.8 Å². The predicted molar refractivity (Wildman–Crippen MR) is 166 cm³/mol. The molecule has 2 saturated carbocycles. The highest BCUT2D eigenvalue weighted by Crippen LogP contribution is 2.69. The van der Waals surface area contributed by atoms with Gasteiger partial charge < -0.3 is 44.8 Å². The second-order valence-electron chi connectivity index (χ2n) is 13.6. The number of ether oxygens (including phenoxy) is 3. The first-order valence-electron chi connectivity index (χ1n) is 16.0. The molecule has 0 heterocycles. The van der Waals surface area contributed by atoms with Crippen LogP contribution in [0.2, 0.25) is 0 Å². The number of ketones is 2. The lowest BCUT2D eigenvalue weighted by molar-refractivity contribution is -0.763. The van der Waals surface area contributed by atoms with Crippen LogP contribution in [0.1, 0.15) is 45.1 Å².